The third kappa shape index (κ3) is 2.95. The lowest BCUT2D eigenvalue weighted by atomic mass is 9.77. The van der Waals surface area contributed by atoms with E-state index >= 15 is 0 Å². The van der Waals surface area contributed by atoms with Gasteiger partial charge in [-0.15, -0.1) is 0 Å². The van der Waals surface area contributed by atoms with Crippen LogP contribution in [0.2, 0.25) is 0 Å². The lowest BCUT2D eigenvalue weighted by Crippen LogP contribution is -2.43. The highest BCUT2D eigenvalue weighted by Crippen LogP contribution is 2.41. The molecule has 0 aromatic heterocycles. The van der Waals surface area contributed by atoms with Crippen molar-refractivity contribution < 1.29 is 0 Å². The van der Waals surface area contributed by atoms with Crippen LogP contribution >= 0.6 is 0 Å². The molecule has 0 saturated heterocycles. The summed E-state index contributed by atoms with van der Waals surface area (Å²) in [5, 5.41) is 3.74. The molecule has 0 bridgehead atoms. The van der Waals surface area contributed by atoms with Crippen LogP contribution in [-0.4, -0.2) is 12.6 Å². The van der Waals surface area contributed by atoms with Crippen LogP contribution in [0.4, 0.5) is 0 Å². The number of benzene rings is 1. The Balaban J connectivity index is 2.13. The van der Waals surface area contributed by atoms with E-state index in [4.69, 9.17) is 0 Å². The smallest absolute Gasteiger partial charge is 0.0161 e. The second-order valence-corrected chi connectivity index (χ2v) is 6.10. The van der Waals surface area contributed by atoms with E-state index in [1.165, 1.54) is 43.2 Å². The average Bonchev–Trinajstić information content (AvgIpc) is 2.79. The molecule has 0 spiro atoms. The first-order valence-corrected chi connectivity index (χ1v) is 7.43. The van der Waals surface area contributed by atoms with Gasteiger partial charge in [0.1, 0.15) is 0 Å². The van der Waals surface area contributed by atoms with Gasteiger partial charge in [-0.25, -0.2) is 0 Å². The zero-order valence-electron chi connectivity index (χ0n) is 12.1. The van der Waals surface area contributed by atoms with Crippen LogP contribution in [0.15, 0.2) is 24.3 Å². The van der Waals surface area contributed by atoms with Crippen molar-refractivity contribution in [1.82, 2.24) is 5.32 Å². The van der Waals surface area contributed by atoms with E-state index < -0.39 is 0 Å². The molecule has 1 saturated carbocycles. The molecule has 1 nitrogen and oxygen atoms in total. The van der Waals surface area contributed by atoms with Crippen molar-refractivity contribution in [3.63, 3.8) is 0 Å². The van der Waals surface area contributed by atoms with Gasteiger partial charge < -0.3 is 5.32 Å². The molecule has 18 heavy (non-hydrogen) atoms. The molecule has 0 amide bonds. The highest BCUT2D eigenvalue weighted by molar-refractivity contribution is 5.26. The fourth-order valence-corrected chi connectivity index (χ4v) is 3.40. The summed E-state index contributed by atoms with van der Waals surface area (Å²) in [6.07, 6.45) is 6.77. The van der Waals surface area contributed by atoms with Gasteiger partial charge in [0.2, 0.25) is 0 Å². The summed E-state index contributed by atoms with van der Waals surface area (Å²) in [5.74, 6) is 0. The van der Waals surface area contributed by atoms with Gasteiger partial charge >= 0.3 is 0 Å². The van der Waals surface area contributed by atoms with Crippen LogP contribution in [0.1, 0.15) is 50.7 Å². The Morgan fingerprint density at radius 1 is 1.22 bits per heavy atom. The predicted octanol–water partition coefficient (Wildman–Crippen LogP) is 4.10. The molecular weight excluding hydrogens is 218 g/mol. The van der Waals surface area contributed by atoms with Gasteiger partial charge in [-0.3, -0.25) is 0 Å². The lowest BCUT2D eigenvalue weighted by molar-refractivity contribution is 0.222. The molecule has 1 aromatic rings. The quantitative estimate of drug-likeness (QED) is 0.823. The number of aryl methyl sites for hydroxylation is 1. The molecule has 1 unspecified atom stereocenters. The topological polar surface area (TPSA) is 12.0 Å². The average molecular weight is 245 g/mol. The number of rotatable bonds is 5. The molecule has 100 valence electrons. The van der Waals surface area contributed by atoms with E-state index in [0.29, 0.717) is 11.5 Å². The highest BCUT2D eigenvalue weighted by Gasteiger charge is 2.36. The SMILES string of the molecule is CCNC(Cc1ccccc1C)C1(C)CCCC1. The summed E-state index contributed by atoms with van der Waals surface area (Å²) in [4.78, 5) is 0. The Bertz CT molecular complexity index is 377. The van der Waals surface area contributed by atoms with E-state index in [9.17, 15) is 0 Å². The molecule has 1 aliphatic carbocycles. The maximum Gasteiger partial charge on any atom is 0.0161 e. The van der Waals surface area contributed by atoms with Crippen molar-refractivity contribution in [2.45, 2.75) is 58.9 Å². The molecule has 1 heteroatoms. The molecule has 0 radical (unpaired) electrons. The fourth-order valence-electron chi connectivity index (χ4n) is 3.40. The van der Waals surface area contributed by atoms with E-state index in [-0.39, 0.29) is 0 Å². The van der Waals surface area contributed by atoms with E-state index in [1.807, 2.05) is 0 Å². The number of hydrogen-bond donors (Lipinski definition) is 1. The Labute approximate surface area is 112 Å². The van der Waals surface area contributed by atoms with Gasteiger partial charge in [-0.1, -0.05) is 51.0 Å². The zero-order valence-corrected chi connectivity index (χ0v) is 12.1. The molecule has 1 fully saturated rings. The summed E-state index contributed by atoms with van der Waals surface area (Å²) in [5.41, 5.74) is 3.44. The van der Waals surface area contributed by atoms with Gasteiger partial charge in [-0.2, -0.15) is 0 Å². The lowest BCUT2D eigenvalue weighted by Gasteiger charge is -2.35. The van der Waals surface area contributed by atoms with Crippen molar-refractivity contribution >= 4 is 0 Å². The maximum absolute atomic E-state index is 3.74. The Hall–Kier alpha value is -0.820. The predicted molar refractivity (Wildman–Crippen MR) is 78.9 cm³/mol. The number of likely N-dealkylation sites (N-methyl/N-ethyl adjacent to an activating group) is 1. The van der Waals surface area contributed by atoms with Crippen molar-refractivity contribution in [1.29, 1.82) is 0 Å². The van der Waals surface area contributed by atoms with Crippen LogP contribution in [-0.2, 0) is 6.42 Å². The van der Waals surface area contributed by atoms with Crippen molar-refractivity contribution in [3.05, 3.63) is 35.4 Å². The molecule has 0 aliphatic heterocycles. The Morgan fingerprint density at radius 3 is 2.50 bits per heavy atom. The second-order valence-electron chi connectivity index (χ2n) is 6.10. The summed E-state index contributed by atoms with van der Waals surface area (Å²) < 4.78 is 0. The van der Waals surface area contributed by atoms with Crippen molar-refractivity contribution in [2.24, 2.45) is 5.41 Å². The molecular formula is C17H27N. The van der Waals surface area contributed by atoms with E-state index in [1.54, 1.807) is 0 Å². The van der Waals surface area contributed by atoms with Crippen LogP contribution in [0.5, 0.6) is 0 Å². The van der Waals surface area contributed by atoms with Gasteiger partial charge in [0.05, 0.1) is 0 Å². The molecule has 1 aromatic carbocycles. The van der Waals surface area contributed by atoms with Crippen LogP contribution in [0.3, 0.4) is 0 Å². The third-order valence-electron chi connectivity index (χ3n) is 4.72. The maximum atomic E-state index is 3.74. The summed E-state index contributed by atoms with van der Waals surface area (Å²) >= 11 is 0. The minimum Gasteiger partial charge on any atom is -0.313 e. The largest absolute Gasteiger partial charge is 0.313 e. The molecule has 2 rings (SSSR count). The minimum atomic E-state index is 0.498. The standard InChI is InChI=1S/C17H27N/c1-4-18-16(17(3)11-7-8-12-17)13-15-10-6-5-9-14(15)2/h5-6,9-10,16,18H,4,7-8,11-13H2,1-3H3. The van der Waals surface area contributed by atoms with Gasteiger partial charge in [0, 0.05) is 6.04 Å². The first-order valence-electron chi connectivity index (χ1n) is 7.43. The molecule has 1 N–H and O–H groups in total. The van der Waals surface area contributed by atoms with Crippen LogP contribution in [0, 0.1) is 12.3 Å². The summed E-state index contributed by atoms with van der Waals surface area (Å²) in [7, 11) is 0. The summed E-state index contributed by atoms with van der Waals surface area (Å²) in [6.45, 7) is 8.01. The second kappa shape index (κ2) is 5.88. The first-order chi connectivity index (χ1) is 8.65. The minimum absolute atomic E-state index is 0.498. The van der Waals surface area contributed by atoms with Crippen molar-refractivity contribution in [2.75, 3.05) is 6.54 Å². The fraction of sp³-hybridized carbons (Fsp3) is 0.647. The van der Waals surface area contributed by atoms with Gasteiger partial charge in [-0.05, 0) is 49.3 Å². The Morgan fingerprint density at radius 2 is 1.89 bits per heavy atom. The van der Waals surface area contributed by atoms with Crippen molar-refractivity contribution in [3.8, 4) is 0 Å². The van der Waals surface area contributed by atoms with Gasteiger partial charge in [0.25, 0.3) is 0 Å². The van der Waals surface area contributed by atoms with E-state index in [0.717, 1.165) is 6.54 Å². The highest BCUT2D eigenvalue weighted by atomic mass is 14.9. The molecule has 0 heterocycles. The summed E-state index contributed by atoms with van der Waals surface area (Å²) in [6, 6.07) is 9.46. The number of hydrogen-bond acceptors (Lipinski definition) is 1. The normalized spacial score (nSPS) is 19.9. The van der Waals surface area contributed by atoms with E-state index in [2.05, 4.69) is 50.4 Å². The third-order valence-corrected chi connectivity index (χ3v) is 4.72. The first kappa shape index (κ1) is 13.6. The Kier molecular flexibility index (Phi) is 4.45. The molecule has 1 aliphatic rings. The monoisotopic (exact) mass is 245 g/mol. The zero-order chi connectivity index (χ0) is 13.0. The molecule has 1 atom stereocenters. The van der Waals surface area contributed by atoms with Gasteiger partial charge in [0.15, 0.2) is 0 Å². The van der Waals surface area contributed by atoms with Crippen LogP contribution < -0.4 is 5.32 Å². The van der Waals surface area contributed by atoms with Crippen LogP contribution in [0.25, 0.3) is 0 Å². The number of nitrogens with one attached hydrogen (secondary N) is 1.